The highest BCUT2D eigenvalue weighted by Crippen LogP contribution is 2.08. The number of imidazole rings is 1. The van der Waals surface area contributed by atoms with Crippen molar-refractivity contribution in [2.24, 2.45) is 14.1 Å². The Hall–Kier alpha value is -2.05. The topological polar surface area (TPSA) is 81.9 Å². The molecule has 80 valence electrons. The molecule has 7 nitrogen and oxygen atoms in total. The van der Waals surface area contributed by atoms with Crippen molar-refractivity contribution in [3.63, 3.8) is 0 Å². The molecule has 0 aromatic carbocycles. The van der Waals surface area contributed by atoms with E-state index in [-0.39, 0.29) is 11.5 Å². The van der Waals surface area contributed by atoms with E-state index in [1.165, 1.54) is 18.7 Å². The Morgan fingerprint density at radius 2 is 1.93 bits per heavy atom. The molecule has 0 bridgehead atoms. The molecule has 0 radical (unpaired) electrons. The van der Waals surface area contributed by atoms with Gasteiger partial charge in [-0.05, 0) is 0 Å². The Morgan fingerprint density at radius 1 is 1.27 bits per heavy atom. The quantitative estimate of drug-likeness (QED) is 0.652. The number of hydrogen-bond acceptors (Lipinski definition) is 4. The van der Waals surface area contributed by atoms with Crippen LogP contribution in [0.1, 0.15) is 0 Å². The number of ether oxygens (including phenoxy) is 1. The number of nitrogens with zero attached hydrogens (tertiary/aromatic N) is 3. The van der Waals surface area contributed by atoms with Crippen LogP contribution in [0.5, 0.6) is 6.01 Å². The Labute approximate surface area is 83.9 Å². The second-order valence-electron chi connectivity index (χ2n) is 3.15. The summed E-state index contributed by atoms with van der Waals surface area (Å²) in [6, 6.07) is 0.211. The highest BCUT2D eigenvalue weighted by atomic mass is 16.5. The van der Waals surface area contributed by atoms with Crippen LogP contribution in [0, 0.1) is 0 Å². The molecule has 0 spiro atoms. The van der Waals surface area contributed by atoms with Crippen LogP contribution in [0.3, 0.4) is 0 Å². The molecular formula is C8H10N4O3. The van der Waals surface area contributed by atoms with E-state index in [1.807, 2.05) is 0 Å². The van der Waals surface area contributed by atoms with E-state index in [9.17, 15) is 9.59 Å². The number of methoxy groups -OCH3 is 1. The molecule has 0 unspecified atom stereocenters. The van der Waals surface area contributed by atoms with Gasteiger partial charge in [0.1, 0.15) is 0 Å². The van der Waals surface area contributed by atoms with Crippen molar-refractivity contribution in [1.82, 2.24) is 19.1 Å². The first-order valence-electron chi connectivity index (χ1n) is 4.26. The minimum atomic E-state index is -0.415. The molecule has 0 saturated heterocycles. The monoisotopic (exact) mass is 210 g/mol. The SMILES string of the molecule is COc1nc2c([nH]1)c(=O)n(C)c(=O)n2C. The molecule has 0 fully saturated rings. The zero-order chi connectivity index (χ0) is 11.2. The van der Waals surface area contributed by atoms with Crippen LogP contribution in [0.15, 0.2) is 9.59 Å². The van der Waals surface area contributed by atoms with Gasteiger partial charge in [0.2, 0.25) is 0 Å². The normalized spacial score (nSPS) is 10.9. The van der Waals surface area contributed by atoms with Gasteiger partial charge in [0.15, 0.2) is 11.2 Å². The van der Waals surface area contributed by atoms with Crippen LogP contribution in [0.2, 0.25) is 0 Å². The van der Waals surface area contributed by atoms with E-state index >= 15 is 0 Å². The number of hydrogen-bond donors (Lipinski definition) is 1. The van der Waals surface area contributed by atoms with Crippen molar-refractivity contribution in [2.45, 2.75) is 0 Å². The average Bonchev–Trinajstić information content (AvgIpc) is 2.67. The number of nitrogens with one attached hydrogen (secondary N) is 1. The Morgan fingerprint density at radius 3 is 2.53 bits per heavy atom. The number of aromatic nitrogens is 4. The number of H-pyrrole nitrogens is 1. The summed E-state index contributed by atoms with van der Waals surface area (Å²) >= 11 is 0. The van der Waals surface area contributed by atoms with Gasteiger partial charge in [0, 0.05) is 14.1 Å². The maximum absolute atomic E-state index is 11.7. The molecule has 2 heterocycles. The fraction of sp³-hybridized carbons (Fsp3) is 0.375. The second kappa shape index (κ2) is 2.97. The van der Waals surface area contributed by atoms with E-state index in [2.05, 4.69) is 9.97 Å². The number of aromatic amines is 1. The lowest BCUT2D eigenvalue weighted by Gasteiger charge is -2.00. The first kappa shape index (κ1) is 9.50. The molecule has 2 aromatic rings. The van der Waals surface area contributed by atoms with Gasteiger partial charge in [-0.2, -0.15) is 4.98 Å². The predicted molar refractivity (Wildman–Crippen MR) is 53.1 cm³/mol. The second-order valence-corrected chi connectivity index (χ2v) is 3.15. The van der Waals surface area contributed by atoms with Crippen molar-refractivity contribution in [1.29, 1.82) is 0 Å². The van der Waals surface area contributed by atoms with Crippen LogP contribution < -0.4 is 16.0 Å². The molecule has 2 aromatic heterocycles. The summed E-state index contributed by atoms with van der Waals surface area (Å²) in [6.07, 6.45) is 0. The fourth-order valence-electron chi connectivity index (χ4n) is 1.40. The molecule has 0 saturated carbocycles. The molecule has 15 heavy (non-hydrogen) atoms. The van der Waals surface area contributed by atoms with Crippen molar-refractivity contribution < 1.29 is 4.74 Å². The molecule has 0 amide bonds. The van der Waals surface area contributed by atoms with E-state index in [4.69, 9.17) is 4.74 Å². The summed E-state index contributed by atoms with van der Waals surface area (Å²) < 4.78 is 7.16. The van der Waals surface area contributed by atoms with Gasteiger partial charge in [-0.1, -0.05) is 0 Å². The molecule has 0 atom stereocenters. The first-order valence-corrected chi connectivity index (χ1v) is 4.26. The standard InChI is InChI=1S/C8H10N4O3/c1-11-5-4(9-7(10-5)15-3)6(13)12(2)8(11)14/h1-3H3,(H,9,10). The summed E-state index contributed by atoms with van der Waals surface area (Å²) in [4.78, 5) is 29.8. The lowest BCUT2D eigenvalue weighted by atomic mass is 10.5. The van der Waals surface area contributed by atoms with Gasteiger partial charge >= 0.3 is 5.69 Å². The van der Waals surface area contributed by atoms with E-state index in [1.54, 1.807) is 7.05 Å². The number of aryl methyl sites for hydroxylation is 1. The van der Waals surface area contributed by atoms with Crippen LogP contribution >= 0.6 is 0 Å². The molecule has 1 N–H and O–H groups in total. The lowest BCUT2D eigenvalue weighted by molar-refractivity contribution is 0.385. The average molecular weight is 210 g/mol. The van der Waals surface area contributed by atoms with E-state index < -0.39 is 11.2 Å². The van der Waals surface area contributed by atoms with E-state index in [0.717, 1.165) is 4.57 Å². The molecular weight excluding hydrogens is 200 g/mol. The number of rotatable bonds is 1. The molecule has 2 rings (SSSR count). The van der Waals surface area contributed by atoms with Gasteiger partial charge in [0.05, 0.1) is 7.11 Å². The highest BCUT2D eigenvalue weighted by Gasteiger charge is 2.12. The fourth-order valence-corrected chi connectivity index (χ4v) is 1.40. The highest BCUT2D eigenvalue weighted by molar-refractivity contribution is 5.70. The van der Waals surface area contributed by atoms with Gasteiger partial charge in [-0.15, -0.1) is 0 Å². The van der Waals surface area contributed by atoms with Crippen molar-refractivity contribution >= 4 is 11.2 Å². The summed E-state index contributed by atoms with van der Waals surface area (Å²) in [5, 5.41) is 0. The molecule has 0 aliphatic heterocycles. The zero-order valence-corrected chi connectivity index (χ0v) is 8.57. The van der Waals surface area contributed by atoms with Crippen LogP contribution in [-0.4, -0.2) is 26.2 Å². The molecule has 0 aliphatic rings. The third-order valence-corrected chi connectivity index (χ3v) is 2.27. The van der Waals surface area contributed by atoms with Crippen LogP contribution in [0.25, 0.3) is 11.2 Å². The minimum Gasteiger partial charge on any atom is -0.468 e. The zero-order valence-electron chi connectivity index (χ0n) is 8.57. The summed E-state index contributed by atoms with van der Waals surface area (Å²) in [5.74, 6) is 0. The van der Waals surface area contributed by atoms with Crippen molar-refractivity contribution in [3.05, 3.63) is 20.8 Å². The van der Waals surface area contributed by atoms with Crippen LogP contribution in [0.4, 0.5) is 0 Å². The number of fused-ring (bicyclic) bond motifs is 1. The van der Waals surface area contributed by atoms with Crippen molar-refractivity contribution in [3.8, 4) is 6.01 Å². The first-order chi connectivity index (χ1) is 7.06. The Kier molecular flexibility index (Phi) is 1.88. The van der Waals surface area contributed by atoms with Gasteiger partial charge in [-0.25, -0.2) is 4.79 Å². The lowest BCUT2D eigenvalue weighted by Crippen LogP contribution is -2.36. The van der Waals surface area contributed by atoms with E-state index in [0.29, 0.717) is 5.65 Å². The largest absolute Gasteiger partial charge is 0.468 e. The summed E-state index contributed by atoms with van der Waals surface area (Å²) in [5.41, 5.74) is -0.276. The third kappa shape index (κ3) is 1.16. The van der Waals surface area contributed by atoms with Gasteiger partial charge in [-0.3, -0.25) is 13.9 Å². The van der Waals surface area contributed by atoms with Gasteiger partial charge < -0.3 is 9.72 Å². The minimum absolute atomic E-state index is 0.211. The maximum Gasteiger partial charge on any atom is 0.332 e. The maximum atomic E-state index is 11.7. The summed E-state index contributed by atoms with van der Waals surface area (Å²) in [6.45, 7) is 0. The molecule has 0 aliphatic carbocycles. The van der Waals surface area contributed by atoms with Crippen molar-refractivity contribution in [2.75, 3.05) is 7.11 Å². The predicted octanol–water partition coefficient (Wildman–Crippen LogP) is -1.03. The molecule has 7 heteroatoms. The summed E-state index contributed by atoms with van der Waals surface area (Å²) in [7, 11) is 4.39. The van der Waals surface area contributed by atoms with Crippen LogP contribution in [-0.2, 0) is 14.1 Å². The third-order valence-electron chi connectivity index (χ3n) is 2.27. The van der Waals surface area contributed by atoms with Gasteiger partial charge in [0.25, 0.3) is 11.6 Å². The Bertz CT molecular complexity index is 634. The Balaban J connectivity index is 3.04. The smallest absolute Gasteiger partial charge is 0.332 e.